The molecule has 2 aliphatic rings. The van der Waals surface area contributed by atoms with Crippen LogP contribution in [0.2, 0.25) is 0 Å². The summed E-state index contributed by atoms with van der Waals surface area (Å²) in [5, 5.41) is 0. The topological polar surface area (TPSA) is 64.8 Å². The molecule has 0 radical (unpaired) electrons. The normalized spacial score (nSPS) is 26.2. The van der Waals surface area contributed by atoms with Crippen molar-refractivity contribution in [2.75, 3.05) is 11.4 Å². The maximum Gasteiger partial charge on any atom is 0.495 e. The molecule has 0 aromatic heterocycles. The van der Waals surface area contributed by atoms with Gasteiger partial charge in [-0.25, -0.2) is 0 Å². The Bertz CT molecular complexity index is 629. The molecule has 1 aromatic rings. The highest BCUT2D eigenvalue weighted by Gasteiger charge is 2.52. The molecular formula is C17H25BN2O3. The number of benzene rings is 1. The highest BCUT2D eigenvalue weighted by Crippen LogP contribution is 2.37. The molecule has 124 valence electrons. The van der Waals surface area contributed by atoms with Crippen LogP contribution in [-0.4, -0.2) is 36.8 Å². The molecule has 0 unspecified atom stereocenters. The molecule has 2 heterocycles. The number of nitrogens with two attached hydrogens (primary N) is 1. The monoisotopic (exact) mass is 316 g/mol. The van der Waals surface area contributed by atoms with Crippen LogP contribution in [0.3, 0.4) is 0 Å². The summed E-state index contributed by atoms with van der Waals surface area (Å²) in [6.45, 7) is 10.8. The molecule has 23 heavy (non-hydrogen) atoms. The highest BCUT2D eigenvalue weighted by atomic mass is 16.7. The van der Waals surface area contributed by atoms with E-state index in [9.17, 15) is 4.79 Å². The van der Waals surface area contributed by atoms with E-state index < -0.39 is 0 Å². The van der Waals surface area contributed by atoms with Gasteiger partial charge in [-0.15, -0.1) is 0 Å². The molecule has 3 rings (SSSR count). The molecule has 1 atom stereocenters. The second kappa shape index (κ2) is 5.33. The highest BCUT2D eigenvalue weighted by molar-refractivity contribution is 6.62. The van der Waals surface area contributed by atoms with Gasteiger partial charge in [-0.1, -0.05) is 6.07 Å². The lowest BCUT2D eigenvalue weighted by molar-refractivity contribution is -0.117. The fraction of sp³-hybridized carbons (Fsp3) is 0.588. The largest absolute Gasteiger partial charge is 0.495 e. The third-order valence-corrected chi connectivity index (χ3v) is 5.23. The number of hydrogen-bond donors (Lipinski definition) is 1. The van der Waals surface area contributed by atoms with E-state index in [1.165, 1.54) is 0 Å². The second-order valence-corrected chi connectivity index (χ2v) is 7.60. The molecule has 5 nitrogen and oxygen atoms in total. The van der Waals surface area contributed by atoms with Gasteiger partial charge in [0.15, 0.2) is 0 Å². The van der Waals surface area contributed by atoms with Gasteiger partial charge in [-0.2, -0.15) is 0 Å². The summed E-state index contributed by atoms with van der Waals surface area (Å²) in [7, 11) is -0.384. The Morgan fingerprint density at radius 3 is 2.30 bits per heavy atom. The Balaban J connectivity index is 1.85. The van der Waals surface area contributed by atoms with Gasteiger partial charge in [0.05, 0.1) is 11.2 Å². The van der Waals surface area contributed by atoms with Gasteiger partial charge in [-0.05, 0) is 57.8 Å². The third kappa shape index (κ3) is 2.79. The zero-order valence-electron chi connectivity index (χ0n) is 14.6. The summed E-state index contributed by atoms with van der Waals surface area (Å²) in [6, 6.07) is 5.87. The zero-order chi connectivity index (χ0) is 17.0. The fourth-order valence-corrected chi connectivity index (χ4v) is 3.05. The molecule has 2 fully saturated rings. The van der Waals surface area contributed by atoms with E-state index in [1.807, 2.05) is 52.8 Å². The van der Waals surface area contributed by atoms with Crippen LogP contribution in [0.5, 0.6) is 0 Å². The Hall–Kier alpha value is -1.37. The van der Waals surface area contributed by atoms with Crippen molar-refractivity contribution in [3.63, 3.8) is 0 Å². The number of rotatable bonds is 2. The lowest BCUT2D eigenvalue weighted by Crippen LogP contribution is -2.41. The lowest BCUT2D eigenvalue weighted by atomic mass is 9.76. The van der Waals surface area contributed by atoms with Crippen molar-refractivity contribution in [3.05, 3.63) is 23.8 Å². The quantitative estimate of drug-likeness (QED) is 0.837. The Morgan fingerprint density at radius 1 is 1.22 bits per heavy atom. The summed E-state index contributed by atoms with van der Waals surface area (Å²) in [4.78, 5) is 13.8. The Morgan fingerprint density at radius 2 is 1.83 bits per heavy atom. The maximum atomic E-state index is 12.0. The van der Waals surface area contributed by atoms with Crippen LogP contribution in [-0.2, 0) is 14.1 Å². The molecule has 2 aliphatic heterocycles. The molecule has 2 N–H and O–H groups in total. The first-order valence-electron chi connectivity index (χ1n) is 8.13. The predicted octanol–water partition coefficient (Wildman–Crippen LogP) is 1.36. The lowest BCUT2D eigenvalue weighted by Gasteiger charge is -2.32. The first-order chi connectivity index (χ1) is 10.6. The molecular weight excluding hydrogens is 291 g/mol. The van der Waals surface area contributed by atoms with Crippen molar-refractivity contribution >= 4 is 24.2 Å². The molecule has 1 aromatic carbocycles. The summed E-state index contributed by atoms with van der Waals surface area (Å²) < 4.78 is 12.2. The van der Waals surface area contributed by atoms with E-state index >= 15 is 0 Å². The van der Waals surface area contributed by atoms with Crippen molar-refractivity contribution in [1.82, 2.24) is 0 Å². The smallest absolute Gasteiger partial charge is 0.399 e. The van der Waals surface area contributed by atoms with Crippen LogP contribution >= 0.6 is 0 Å². The molecule has 0 saturated carbocycles. The van der Waals surface area contributed by atoms with Crippen LogP contribution in [0.15, 0.2) is 18.2 Å². The molecule has 2 saturated heterocycles. The van der Waals surface area contributed by atoms with Gasteiger partial charge in [0.2, 0.25) is 5.91 Å². The first kappa shape index (κ1) is 16.5. The predicted molar refractivity (Wildman–Crippen MR) is 91.8 cm³/mol. The van der Waals surface area contributed by atoms with E-state index in [4.69, 9.17) is 15.0 Å². The standard InChI is InChI=1S/C17H25BN2O3/c1-11-8-13(20-10-12(19)9-15(20)21)6-7-14(11)18-22-16(2,3)17(4,5)23-18/h6-8,12H,9-10,19H2,1-5H3/t12-/m0/s1. The van der Waals surface area contributed by atoms with Gasteiger partial charge in [0, 0.05) is 24.7 Å². The van der Waals surface area contributed by atoms with Crippen LogP contribution in [0.4, 0.5) is 5.69 Å². The van der Waals surface area contributed by atoms with Crippen molar-refractivity contribution in [2.24, 2.45) is 5.73 Å². The second-order valence-electron chi connectivity index (χ2n) is 7.60. The average Bonchev–Trinajstić information content (AvgIpc) is 2.85. The molecule has 0 aliphatic carbocycles. The zero-order valence-corrected chi connectivity index (χ0v) is 14.6. The molecule has 0 spiro atoms. The van der Waals surface area contributed by atoms with Crippen molar-refractivity contribution < 1.29 is 14.1 Å². The molecule has 0 bridgehead atoms. The molecule has 6 heteroatoms. The minimum atomic E-state index is -0.384. The van der Waals surface area contributed by atoms with Crippen LogP contribution in [0.1, 0.15) is 39.7 Å². The number of amides is 1. The number of nitrogens with zero attached hydrogens (tertiary/aromatic N) is 1. The fourth-order valence-electron chi connectivity index (χ4n) is 3.05. The van der Waals surface area contributed by atoms with E-state index in [0.717, 1.165) is 16.7 Å². The van der Waals surface area contributed by atoms with E-state index in [2.05, 4.69) is 0 Å². The van der Waals surface area contributed by atoms with Crippen molar-refractivity contribution in [1.29, 1.82) is 0 Å². The first-order valence-corrected chi connectivity index (χ1v) is 8.13. The number of anilines is 1. The SMILES string of the molecule is Cc1cc(N2C[C@@H](N)CC2=O)ccc1B1OC(C)(C)C(C)(C)O1. The van der Waals surface area contributed by atoms with Gasteiger partial charge in [-0.3, -0.25) is 4.79 Å². The number of carbonyl (C=O) groups excluding carboxylic acids is 1. The minimum Gasteiger partial charge on any atom is -0.399 e. The summed E-state index contributed by atoms with van der Waals surface area (Å²) in [5.41, 5.74) is 8.10. The third-order valence-electron chi connectivity index (χ3n) is 5.23. The molecule has 1 amide bonds. The Labute approximate surface area is 138 Å². The van der Waals surface area contributed by atoms with Gasteiger partial charge in [0.25, 0.3) is 0 Å². The van der Waals surface area contributed by atoms with E-state index in [1.54, 1.807) is 4.90 Å². The van der Waals surface area contributed by atoms with Crippen LogP contribution in [0.25, 0.3) is 0 Å². The van der Waals surface area contributed by atoms with Gasteiger partial charge in [0.1, 0.15) is 0 Å². The van der Waals surface area contributed by atoms with Crippen LogP contribution in [0, 0.1) is 6.92 Å². The average molecular weight is 316 g/mol. The van der Waals surface area contributed by atoms with Gasteiger partial charge >= 0.3 is 7.12 Å². The summed E-state index contributed by atoms with van der Waals surface area (Å²) in [5.74, 6) is 0.0836. The summed E-state index contributed by atoms with van der Waals surface area (Å²) >= 11 is 0. The Kier molecular flexibility index (Phi) is 3.82. The number of carbonyl (C=O) groups is 1. The van der Waals surface area contributed by atoms with Crippen LogP contribution < -0.4 is 16.1 Å². The van der Waals surface area contributed by atoms with Gasteiger partial charge < -0.3 is 19.9 Å². The summed E-state index contributed by atoms with van der Waals surface area (Å²) in [6.07, 6.45) is 0.415. The minimum absolute atomic E-state index is 0.0782. The number of hydrogen-bond acceptors (Lipinski definition) is 4. The maximum absolute atomic E-state index is 12.0. The van der Waals surface area contributed by atoms with E-state index in [-0.39, 0.29) is 30.3 Å². The number of aryl methyl sites for hydroxylation is 1. The van der Waals surface area contributed by atoms with Crippen molar-refractivity contribution in [3.8, 4) is 0 Å². The van der Waals surface area contributed by atoms with Crippen molar-refractivity contribution in [2.45, 2.75) is 58.3 Å². The van der Waals surface area contributed by atoms with E-state index in [0.29, 0.717) is 13.0 Å².